The lowest BCUT2D eigenvalue weighted by Gasteiger charge is -2.40. The van der Waals surface area contributed by atoms with Crippen molar-refractivity contribution < 1.29 is 23.2 Å². The number of likely N-dealkylation sites (tertiary alicyclic amines) is 1. The number of hydrogen-bond acceptors (Lipinski definition) is 4. The minimum Gasteiger partial charge on any atom is -0.366 e. The van der Waals surface area contributed by atoms with E-state index in [-0.39, 0.29) is 30.1 Å². The lowest BCUT2D eigenvalue weighted by atomic mass is 9.88. The van der Waals surface area contributed by atoms with Crippen LogP contribution in [0.4, 0.5) is 14.5 Å². The Morgan fingerprint density at radius 1 is 1.21 bits per heavy atom. The Balaban J connectivity index is 1.83. The molecule has 3 atom stereocenters. The van der Waals surface area contributed by atoms with Crippen molar-refractivity contribution in [2.45, 2.75) is 25.6 Å². The van der Waals surface area contributed by atoms with Gasteiger partial charge >= 0.3 is 11.8 Å². The summed E-state index contributed by atoms with van der Waals surface area (Å²) in [6.45, 7) is 1.96. The highest BCUT2D eigenvalue weighted by molar-refractivity contribution is 6.39. The van der Waals surface area contributed by atoms with E-state index < -0.39 is 35.8 Å². The average Bonchev–Trinajstić information content (AvgIpc) is 2.68. The summed E-state index contributed by atoms with van der Waals surface area (Å²) in [5, 5.41) is 2.36. The van der Waals surface area contributed by atoms with Gasteiger partial charge < -0.3 is 16.0 Å². The number of nitrogens with two attached hydrogens (primary N) is 1. The fourth-order valence-electron chi connectivity index (χ4n) is 3.45. The summed E-state index contributed by atoms with van der Waals surface area (Å²) in [5.41, 5.74) is 5.76. The molecule has 3 rings (SSSR count). The average molecular weight is 402 g/mol. The van der Waals surface area contributed by atoms with E-state index in [1.807, 2.05) is 0 Å². The minimum absolute atomic E-state index is 0.0647. The van der Waals surface area contributed by atoms with Crippen LogP contribution in [0.25, 0.3) is 0 Å². The van der Waals surface area contributed by atoms with Crippen LogP contribution >= 0.6 is 0 Å². The molecular weight excluding hydrogens is 382 g/mol. The zero-order valence-corrected chi connectivity index (χ0v) is 15.6. The fraction of sp³-hybridized carbons (Fsp3) is 0.300. The van der Waals surface area contributed by atoms with E-state index in [1.54, 1.807) is 6.92 Å². The standard InChI is InChI=1S/C20H20F2N4O3/c1-11-6-16(22)17(12-2-4-14(21)5-3-12)26(10-11)20(29)19(28)25-15-7-13(18(23)27)8-24-9-15/h2-5,7-9,11,16-17H,6,10H2,1H3,(H2,23,27)(H,25,28)/t11-,16-,17+/m1/s1. The van der Waals surface area contributed by atoms with Gasteiger partial charge in [-0.3, -0.25) is 19.4 Å². The number of rotatable bonds is 3. The summed E-state index contributed by atoms with van der Waals surface area (Å²) in [7, 11) is 0. The Morgan fingerprint density at radius 3 is 2.55 bits per heavy atom. The molecule has 0 aliphatic carbocycles. The number of aromatic nitrogens is 1. The minimum atomic E-state index is -1.40. The molecule has 3 N–H and O–H groups in total. The van der Waals surface area contributed by atoms with Crippen LogP contribution < -0.4 is 11.1 Å². The van der Waals surface area contributed by atoms with Gasteiger partial charge in [0.1, 0.15) is 12.0 Å². The van der Waals surface area contributed by atoms with Crippen molar-refractivity contribution in [1.82, 2.24) is 9.88 Å². The first-order valence-corrected chi connectivity index (χ1v) is 9.02. The summed E-state index contributed by atoms with van der Waals surface area (Å²) in [6.07, 6.45) is 1.30. The molecule has 1 saturated heterocycles. The maximum absolute atomic E-state index is 14.8. The summed E-state index contributed by atoms with van der Waals surface area (Å²) in [4.78, 5) is 41.5. The second kappa shape index (κ2) is 8.34. The Bertz CT molecular complexity index is 936. The second-order valence-electron chi connectivity index (χ2n) is 7.09. The van der Waals surface area contributed by atoms with E-state index in [0.29, 0.717) is 5.56 Å². The molecule has 0 unspecified atom stereocenters. The van der Waals surface area contributed by atoms with E-state index in [0.717, 1.165) is 4.90 Å². The lowest BCUT2D eigenvalue weighted by molar-refractivity contribution is -0.148. The van der Waals surface area contributed by atoms with E-state index in [1.165, 1.54) is 42.7 Å². The third-order valence-electron chi connectivity index (χ3n) is 4.76. The molecule has 0 spiro atoms. The Morgan fingerprint density at radius 2 is 1.90 bits per heavy atom. The lowest BCUT2D eigenvalue weighted by Crippen LogP contribution is -2.50. The van der Waals surface area contributed by atoms with Gasteiger partial charge in [0.25, 0.3) is 0 Å². The number of carbonyl (C=O) groups is 3. The van der Waals surface area contributed by atoms with Gasteiger partial charge in [-0.1, -0.05) is 19.1 Å². The van der Waals surface area contributed by atoms with Crippen LogP contribution in [-0.2, 0) is 9.59 Å². The van der Waals surface area contributed by atoms with Crippen molar-refractivity contribution in [2.24, 2.45) is 11.7 Å². The maximum Gasteiger partial charge on any atom is 0.313 e. The van der Waals surface area contributed by atoms with Gasteiger partial charge in [0, 0.05) is 12.7 Å². The number of anilines is 1. The maximum atomic E-state index is 14.8. The van der Waals surface area contributed by atoms with Crippen LogP contribution in [0.3, 0.4) is 0 Å². The SMILES string of the molecule is C[C@@H]1C[C@@H](F)[C@H](c2ccc(F)cc2)N(C(=O)C(=O)Nc2cncc(C(N)=O)c2)C1. The van der Waals surface area contributed by atoms with Gasteiger partial charge in [0.2, 0.25) is 5.91 Å². The van der Waals surface area contributed by atoms with Gasteiger partial charge in [-0.15, -0.1) is 0 Å². The number of pyridine rings is 1. The molecule has 1 fully saturated rings. The van der Waals surface area contributed by atoms with Gasteiger partial charge in [-0.25, -0.2) is 8.78 Å². The molecule has 9 heteroatoms. The Hall–Kier alpha value is -3.36. The third kappa shape index (κ3) is 4.56. The van der Waals surface area contributed by atoms with Gasteiger partial charge in [0.05, 0.1) is 23.5 Å². The monoisotopic (exact) mass is 402 g/mol. The smallest absolute Gasteiger partial charge is 0.313 e. The number of halogens is 2. The molecular formula is C20H20F2N4O3. The largest absolute Gasteiger partial charge is 0.366 e. The van der Waals surface area contributed by atoms with Crippen LogP contribution in [0.1, 0.15) is 35.3 Å². The van der Waals surface area contributed by atoms with Crippen molar-refractivity contribution in [3.05, 3.63) is 59.7 Å². The molecule has 152 valence electrons. The number of piperidine rings is 1. The highest BCUT2D eigenvalue weighted by Crippen LogP contribution is 2.36. The predicted octanol–water partition coefficient (Wildman–Crippen LogP) is 2.21. The van der Waals surface area contributed by atoms with Crippen LogP contribution in [0.2, 0.25) is 0 Å². The number of alkyl halides is 1. The quantitative estimate of drug-likeness (QED) is 0.768. The van der Waals surface area contributed by atoms with E-state index in [9.17, 15) is 23.2 Å². The highest BCUT2D eigenvalue weighted by atomic mass is 19.1. The number of carbonyl (C=O) groups excluding carboxylic acids is 3. The Labute approximate surface area is 165 Å². The van der Waals surface area contributed by atoms with Crippen molar-refractivity contribution >= 4 is 23.4 Å². The van der Waals surface area contributed by atoms with Crippen LogP contribution in [-0.4, -0.2) is 40.3 Å². The van der Waals surface area contributed by atoms with E-state index in [4.69, 9.17) is 5.73 Å². The van der Waals surface area contributed by atoms with Crippen molar-refractivity contribution in [3.8, 4) is 0 Å². The van der Waals surface area contributed by atoms with Crippen molar-refractivity contribution in [3.63, 3.8) is 0 Å². The molecule has 0 saturated carbocycles. The van der Waals surface area contributed by atoms with E-state index in [2.05, 4.69) is 10.3 Å². The molecule has 1 aliphatic rings. The first-order chi connectivity index (χ1) is 13.8. The number of nitrogens with zero attached hydrogens (tertiary/aromatic N) is 2. The van der Waals surface area contributed by atoms with Crippen molar-refractivity contribution in [1.29, 1.82) is 0 Å². The number of primary amides is 1. The molecule has 3 amide bonds. The third-order valence-corrected chi connectivity index (χ3v) is 4.76. The summed E-state index contributed by atoms with van der Waals surface area (Å²) in [6, 6.07) is 5.46. The van der Waals surface area contributed by atoms with Crippen LogP contribution in [0.15, 0.2) is 42.7 Å². The number of hydrogen-bond donors (Lipinski definition) is 2. The summed E-state index contributed by atoms with van der Waals surface area (Å²) in [5.74, 6) is -3.30. The molecule has 7 nitrogen and oxygen atoms in total. The molecule has 1 aromatic carbocycles. The number of amides is 3. The predicted molar refractivity (Wildman–Crippen MR) is 101 cm³/mol. The summed E-state index contributed by atoms with van der Waals surface area (Å²) < 4.78 is 28.1. The van der Waals surface area contributed by atoms with Crippen LogP contribution in [0, 0.1) is 11.7 Å². The first kappa shape index (κ1) is 20.4. The van der Waals surface area contributed by atoms with Gasteiger partial charge in [0.15, 0.2) is 0 Å². The molecule has 2 heterocycles. The zero-order chi connectivity index (χ0) is 21.1. The topological polar surface area (TPSA) is 105 Å². The Kier molecular flexibility index (Phi) is 5.86. The molecule has 29 heavy (non-hydrogen) atoms. The molecule has 2 aromatic rings. The zero-order valence-electron chi connectivity index (χ0n) is 15.6. The highest BCUT2D eigenvalue weighted by Gasteiger charge is 2.40. The fourth-order valence-corrected chi connectivity index (χ4v) is 3.45. The molecule has 0 bridgehead atoms. The molecule has 1 aliphatic heterocycles. The van der Waals surface area contributed by atoms with Gasteiger partial charge in [-0.2, -0.15) is 0 Å². The summed E-state index contributed by atoms with van der Waals surface area (Å²) >= 11 is 0. The number of benzene rings is 1. The first-order valence-electron chi connectivity index (χ1n) is 9.02. The molecule has 0 radical (unpaired) electrons. The van der Waals surface area contributed by atoms with Crippen molar-refractivity contribution in [2.75, 3.05) is 11.9 Å². The van der Waals surface area contributed by atoms with Crippen LogP contribution in [0.5, 0.6) is 0 Å². The number of nitrogens with one attached hydrogen (secondary N) is 1. The van der Waals surface area contributed by atoms with Gasteiger partial charge in [-0.05, 0) is 36.1 Å². The van der Waals surface area contributed by atoms with E-state index >= 15 is 0 Å². The molecule has 1 aromatic heterocycles. The normalized spacial score (nSPS) is 21.5. The second-order valence-corrected chi connectivity index (χ2v) is 7.09.